The lowest BCUT2D eigenvalue weighted by Crippen LogP contribution is -2.15. The molecule has 0 fully saturated rings. The summed E-state index contributed by atoms with van der Waals surface area (Å²) in [4.78, 5) is 0.946. The molecule has 4 aromatic rings. The van der Waals surface area contributed by atoms with Crippen LogP contribution in [-0.4, -0.2) is 0 Å². The van der Waals surface area contributed by atoms with E-state index in [0.29, 0.717) is 5.75 Å². The van der Waals surface area contributed by atoms with Crippen molar-refractivity contribution in [3.63, 3.8) is 0 Å². The molecule has 2 nitrogen and oxygen atoms in total. The largest absolute Gasteiger partial charge is 0.432 e. The van der Waals surface area contributed by atoms with Crippen molar-refractivity contribution in [1.29, 1.82) is 0 Å². The Morgan fingerprint density at radius 3 is 2.27 bits per heavy atom. The standard InChI is InChI=1S/C22H15O2PS/c23-25(26-18-14-13-16-7-1-2-8-17(16)15-18)22-12-6-4-10-20(22)19-9-3-5-11-21(19)24-25/h1-15H/t25-/m0/s1. The molecule has 0 N–H and O–H groups in total. The number of fused-ring (bicyclic) bond motifs is 4. The monoisotopic (exact) mass is 374 g/mol. The predicted molar refractivity (Wildman–Crippen MR) is 110 cm³/mol. The summed E-state index contributed by atoms with van der Waals surface area (Å²) in [6, 6.07) is 30.0. The normalized spacial score (nSPS) is 18.0. The van der Waals surface area contributed by atoms with Gasteiger partial charge >= 0.3 is 6.57 Å². The zero-order valence-electron chi connectivity index (χ0n) is 13.8. The van der Waals surface area contributed by atoms with E-state index in [1.165, 1.54) is 16.8 Å². The second-order valence-corrected chi connectivity index (χ2v) is 10.5. The SMILES string of the molecule is O=[P@]1(Sc2ccc3ccccc3c2)Oc2ccccc2-c2ccccc21. The first kappa shape index (κ1) is 15.7. The van der Waals surface area contributed by atoms with E-state index in [0.717, 1.165) is 26.7 Å². The van der Waals surface area contributed by atoms with E-state index >= 15 is 0 Å². The molecule has 0 saturated carbocycles. The molecule has 0 amide bonds. The molecule has 0 aliphatic carbocycles. The first-order chi connectivity index (χ1) is 12.7. The van der Waals surface area contributed by atoms with Crippen molar-refractivity contribution in [3.05, 3.63) is 91.0 Å². The van der Waals surface area contributed by atoms with Gasteiger partial charge in [-0.25, -0.2) is 0 Å². The lowest BCUT2D eigenvalue weighted by molar-refractivity contribution is 0.508. The molecule has 4 aromatic carbocycles. The summed E-state index contributed by atoms with van der Waals surface area (Å²) >= 11 is 1.32. The highest BCUT2D eigenvalue weighted by Gasteiger charge is 2.37. The molecule has 0 bridgehead atoms. The van der Waals surface area contributed by atoms with Crippen molar-refractivity contribution >= 4 is 34.0 Å². The van der Waals surface area contributed by atoms with Crippen LogP contribution in [0.5, 0.6) is 5.75 Å². The van der Waals surface area contributed by atoms with Crippen molar-refractivity contribution in [2.75, 3.05) is 0 Å². The van der Waals surface area contributed by atoms with Crippen LogP contribution in [0.3, 0.4) is 0 Å². The molecule has 1 aliphatic rings. The fraction of sp³-hybridized carbons (Fsp3) is 0. The lowest BCUT2D eigenvalue weighted by atomic mass is 10.0. The van der Waals surface area contributed by atoms with E-state index in [-0.39, 0.29) is 0 Å². The molecule has 1 heterocycles. The van der Waals surface area contributed by atoms with Crippen LogP contribution in [0.2, 0.25) is 0 Å². The smallest absolute Gasteiger partial charge is 0.338 e. The van der Waals surface area contributed by atoms with E-state index < -0.39 is 6.57 Å². The molecule has 0 radical (unpaired) electrons. The van der Waals surface area contributed by atoms with Crippen LogP contribution in [0.1, 0.15) is 0 Å². The van der Waals surface area contributed by atoms with E-state index in [4.69, 9.17) is 4.52 Å². The van der Waals surface area contributed by atoms with E-state index in [1.807, 2.05) is 66.7 Å². The maximum Gasteiger partial charge on any atom is 0.338 e. The maximum atomic E-state index is 13.9. The summed E-state index contributed by atoms with van der Waals surface area (Å²) in [5.41, 5.74) is 1.99. The maximum absolute atomic E-state index is 13.9. The Kier molecular flexibility index (Phi) is 3.66. The minimum atomic E-state index is -3.12. The van der Waals surface area contributed by atoms with Gasteiger partial charge in [-0.2, -0.15) is 0 Å². The number of benzene rings is 4. The lowest BCUT2D eigenvalue weighted by Gasteiger charge is -2.27. The number of rotatable bonds is 2. The van der Waals surface area contributed by atoms with Gasteiger partial charge < -0.3 is 4.52 Å². The summed E-state index contributed by atoms with van der Waals surface area (Å²) in [6.45, 7) is -3.12. The zero-order valence-corrected chi connectivity index (χ0v) is 15.5. The molecule has 26 heavy (non-hydrogen) atoms. The van der Waals surface area contributed by atoms with E-state index in [1.54, 1.807) is 0 Å². The average Bonchev–Trinajstić information content (AvgIpc) is 2.68. The zero-order chi connectivity index (χ0) is 17.6. The first-order valence-electron chi connectivity index (χ1n) is 8.40. The summed E-state index contributed by atoms with van der Waals surface area (Å²) < 4.78 is 19.9. The van der Waals surface area contributed by atoms with Crippen molar-refractivity contribution in [2.45, 2.75) is 4.90 Å². The third-order valence-electron chi connectivity index (χ3n) is 4.54. The molecule has 1 aliphatic heterocycles. The Morgan fingerprint density at radius 1 is 0.692 bits per heavy atom. The quantitative estimate of drug-likeness (QED) is 0.374. The first-order valence-corrected chi connectivity index (χ1v) is 11.4. The van der Waals surface area contributed by atoms with Gasteiger partial charge in [-0.1, -0.05) is 66.7 Å². The van der Waals surface area contributed by atoms with Gasteiger partial charge in [-0.05, 0) is 46.4 Å². The van der Waals surface area contributed by atoms with Crippen molar-refractivity contribution < 1.29 is 9.09 Å². The molecular weight excluding hydrogens is 359 g/mol. The molecule has 0 saturated heterocycles. The third-order valence-corrected chi connectivity index (χ3v) is 8.83. The highest BCUT2D eigenvalue weighted by atomic mass is 32.7. The Morgan fingerprint density at radius 2 is 1.38 bits per heavy atom. The minimum absolute atomic E-state index is 0.683. The number of para-hydroxylation sites is 1. The molecule has 126 valence electrons. The summed E-state index contributed by atoms with van der Waals surface area (Å²) in [5.74, 6) is 0.683. The minimum Gasteiger partial charge on any atom is -0.432 e. The molecule has 5 rings (SSSR count). The van der Waals surface area contributed by atoms with Gasteiger partial charge in [0, 0.05) is 16.0 Å². The van der Waals surface area contributed by atoms with Crippen molar-refractivity contribution in [3.8, 4) is 16.9 Å². The fourth-order valence-electron chi connectivity index (χ4n) is 3.32. The van der Waals surface area contributed by atoms with E-state index in [2.05, 4.69) is 24.3 Å². The van der Waals surface area contributed by atoms with Gasteiger partial charge in [0.25, 0.3) is 0 Å². The Bertz CT molecular complexity index is 1190. The summed E-state index contributed by atoms with van der Waals surface area (Å²) in [5, 5.41) is 3.08. The van der Waals surface area contributed by atoms with Gasteiger partial charge in [0.05, 0.1) is 5.30 Å². The predicted octanol–water partition coefficient (Wildman–Crippen LogP) is 6.51. The summed E-state index contributed by atoms with van der Waals surface area (Å²) in [6.07, 6.45) is 0. The van der Waals surface area contributed by atoms with Crippen LogP contribution in [0.4, 0.5) is 0 Å². The molecule has 4 heteroatoms. The Labute approximate surface area is 156 Å². The Balaban J connectivity index is 1.63. The topological polar surface area (TPSA) is 26.3 Å². The fourth-order valence-corrected chi connectivity index (χ4v) is 7.61. The molecule has 0 spiro atoms. The van der Waals surface area contributed by atoms with Gasteiger partial charge in [0.2, 0.25) is 0 Å². The van der Waals surface area contributed by atoms with Gasteiger partial charge in [0.15, 0.2) is 0 Å². The van der Waals surface area contributed by atoms with Crippen LogP contribution < -0.4 is 9.83 Å². The second kappa shape index (κ2) is 6.05. The highest BCUT2D eigenvalue weighted by Crippen LogP contribution is 2.65. The van der Waals surface area contributed by atoms with Crippen LogP contribution in [-0.2, 0) is 4.57 Å². The summed E-state index contributed by atoms with van der Waals surface area (Å²) in [7, 11) is 0. The molecule has 0 aromatic heterocycles. The van der Waals surface area contributed by atoms with Crippen LogP contribution in [0, 0.1) is 0 Å². The number of hydrogen-bond acceptors (Lipinski definition) is 3. The Hall–Kier alpha value is -2.48. The van der Waals surface area contributed by atoms with Gasteiger partial charge in [-0.3, -0.25) is 4.57 Å². The third kappa shape index (κ3) is 2.56. The average molecular weight is 374 g/mol. The van der Waals surface area contributed by atoms with Crippen LogP contribution in [0.15, 0.2) is 95.9 Å². The van der Waals surface area contributed by atoms with Gasteiger partial charge in [0.1, 0.15) is 5.75 Å². The van der Waals surface area contributed by atoms with Crippen molar-refractivity contribution in [1.82, 2.24) is 0 Å². The highest BCUT2D eigenvalue weighted by molar-refractivity contribution is 8.59. The van der Waals surface area contributed by atoms with Gasteiger partial charge in [-0.15, -0.1) is 0 Å². The van der Waals surface area contributed by atoms with Crippen LogP contribution >= 0.6 is 18.0 Å². The van der Waals surface area contributed by atoms with E-state index in [9.17, 15) is 4.57 Å². The number of hydrogen-bond donors (Lipinski definition) is 0. The van der Waals surface area contributed by atoms with Crippen molar-refractivity contribution in [2.24, 2.45) is 0 Å². The molecule has 1 atom stereocenters. The molecular formula is C22H15O2PS. The molecule has 0 unspecified atom stereocenters. The second-order valence-electron chi connectivity index (χ2n) is 6.20. The van der Waals surface area contributed by atoms with Crippen LogP contribution in [0.25, 0.3) is 21.9 Å².